The van der Waals surface area contributed by atoms with E-state index in [1.54, 1.807) is 12.1 Å². The highest BCUT2D eigenvalue weighted by Crippen LogP contribution is 2.46. The van der Waals surface area contributed by atoms with Gasteiger partial charge in [-0.3, -0.25) is 14.4 Å². The van der Waals surface area contributed by atoms with Gasteiger partial charge >= 0.3 is 5.97 Å². The molecule has 244 valence electrons. The van der Waals surface area contributed by atoms with Crippen molar-refractivity contribution in [1.29, 1.82) is 0 Å². The second-order valence-electron chi connectivity index (χ2n) is 10.1. The number of carbonyl (C=O) groups excluding carboxylic acids is 3. The molecule has 1 unspecified atom stereocenters. The van der Waals surface area contributed by atoms with Gasteiger partial charge in [0, 0.05) is 11.4 Å². The minimum absolute atomic E-state index is 0.131. The number of benzene rings is 3. The Hall–Kier alpha value is -4.57. The number of nitrogens with one attached hydrogen (secondary N) is 2. The van der Waals surface area contributed by atoms with E-state index in [1.807, 2.05) is 5.32 Å². The minimum Gasteiger partial charge on any atom is -0.484 e. The molecule has 12 nitrogen and oxygen atoms in total. The molecule has 1 heterocycles. The van der Waals surface area contributed by atoms with Crippen LogP contribution in [0.2, 0.25) is 1.41 Å². The molecule has 3 aromatic rings. The predicted octanol–water partition coefficient (Wildman–Crippen LogP) is 1.31. The maximum Gasteiger partial charge on any atom is 0.328 e. The number of nitrogens with zero attached hydrogens (tertiary/aromatic N) is 1. The molecule has 46 heavy (non-hydrogen) atoms. The second kappa shape index (κ2) is 15.6. The van der Waals surface area contributed by atoms with E-state index in [2.05, 4.69) is 0 Å². The summed E-state index contributed by atoms with van der Waals surface area (Å²) in [7, 11) is 0. The van der Waals surface area contributed by atoms with Crippen LogP contribution in [-0.4, -0.2) is 87.0 Å². The number of amides is 3. The van der Waals surface area contributed by atoms with Gasteiger partial charge in [-0.05, 0) is 59.7 Å². The van der Waals surface area contributed by atoms with Crippen molar-refractivity contribution in [3.63, 3.8) is 0 Å². The highest BCUT2D eigenvalue weighted by molar-refractivity contribution is 8.00. The van der Waals surface area contributed by atoms with Gasteiger partial charge in [0.2, 0.25) is 11.8 Å². The number of ether oxygens (including phenoxy) is 1. The number of β-lactam (4-membered cyclic amide) rings is 1. The lowest BCUT2D eigenvalue weighted by Crippen LogP contribution is -2.57. The van der Waals surface area contributed by atoms with Gasteiger partial charge < -0.3 is 40.7 Å². The molecule has 1 aliphatic heterocycles. The van der Waals surface area contributed by atoms with E-state index < -0.39 is 78.7 Å². The Morgan fingerprint density at radius 3 is 2.09 bits per heavy atom. The van der Waals surface area contributed by atoms with Crippen molar-refractivity contribution >= 4 is 41.1 Å². The number of aliphatic hydroxyl groups is 3. The Balaban J connectivity index is 1.43. The number of halogens is 2. The molecule has 0 bridgehead atoms. The van der Waals surface area contributed by atoms with Crippen molar-refractivity contribution in [2.24, 2.45) is 0 Å². The smallest absolute Gasteiger partial charge is 0.328 e. The summed E-state index contributed by atoms with van der Waals surface area (Å²) in [5.74, 6) is -4.63. The van der Waals surface area contributed by atoms with Crippen molar-refractivity contribution in [2.75, 3.05) is 30.5 Å². The van der Waals surface area contributed by atoms with E-state index in [0.29, 0.717) is 16.8 Å². The summed E-state index contributed by atoms with van der Waals surface area (Å²) in [5, 5.41) is 39.7. The molecule has 4 rings (SSSR count). The number of aliphatic carboxylic acids is 1. The highest BCUT2D eigenvalue weighted by atomic mass is 32.2. The lowest BCUT2D eigenvalue weighted by molar-refractivity contribution is -0.143. The van der Waals surface area contributed by atoms with Crippen LogP contribution >= 0.6 is 11.8 Å². The van der Waals surface area contributed by atoms with Gasteiger partial charge in [-0.25, -0.2) is 13.6 Å². The normalized spacial score (nSPS) is 18.1. The molecule has 0 aromatic heterocycles. The fourth-order valence-corrected chi connectivity index (χ4v) is 5.87. The largest absolute Gasteiger partial charge is 0.484 e. The molecule has 1 saturated heterocycles. The first-order valence-electron chi connectivity index (χ1n) is 14.3. The van der Waals surface area contributed by atoms with Crippen LogP contribution in [0.5, 0.6) is 5.75 Å². The van der Waals surface area contributed by atoms with Gasteiger partial charge in [0.05, 0.1) is 25.4 Å². The fourth-order valence-electron chi connectivity index (χ4n) is 4.57. The number of aliphatic hydroxyl groups excluding tert-OH is 3. The molecule has 0 spiro atoms. The fraction of sp³-hybridized carbons (Fsp3) is 0.290. The second-order valence-corrected chi connectivity index (χ2v) is 11.3. The average Bonchev–Trinajstić information content (AvgIpc) is 3.06. The summed E-state index contributed by atoms with van der Waals surface area (Å²) >= 11 is 1.21. The summed E-state index contributed by atoms with van der Waals surface area (Å²) in [5.41, 5.74) is 1.59. The summed E-state index contributed by atoms with van der Waals surface area (Å²) in [6.07, 6.45) is -0.969. The third-order valence-corrected chi connectivity index (χ3v) is 8.32. The van der Waals surface area contributed by atoms with Crippen LogP contribution in [0.25, 0.3) is 0 Å². The van der Waals surface area contributed by atoms with Crippen LogP contribution in [0.1, 0.15) is 23.3 Å². The van der Waals surface area contributed by atoms with Crippen LogP contribution in [0.15, 0.2) is 72.8 Å². The quantitative estimate of drug-likeness (QED) is 0.130. The third-order valence-electron chi connectivity index (χ3n) is 7.00. The molecule has 3 amide bonds. The summed E-state index contributed by atoms with van der Waals surface area (Å²) in [4.78, 5) is 50.6. The SMILES string of the molecule is [2H]N(C(=O)COc1ccc([C@@H]2[C@@H](SCC(O)c3ccc(F)cc3)C(=O)N2c2ccc(F)cc2)cc1)[C@H](CO)C(=O)N[C@@H](CO)C(=O)O. The van der Waals surface area contributed by atoms with Crippen LogP contribution < -0.4 is 20.3 Å². The van der Waals surface area contributed by atoms with Gasteiger partial charge in [-0.15, -0.1) is 11.8 Å². The number of carbonyl (C=O) groups is 4. The molecule has 3 aromatic carbocycles. The average molecular weight is 661 g/mol. The third kappa shape index (κ3) is 8.37. The maximum absolute atomic E-state index is 13.6. The van der Waals surface area contributed by atoms with E-state index in [1.165, 1.54) is 77.3 Å². The molecule has 15 heteroatoms. The Labute approximate surface area is 267 Å². The molecule has 6 N–H and O–H groups in total. The Morgan fingerprint density at radius 1 is 0.935 bits per heavy atom. The van der Waals surface area contributed by atoms with Crippen LogP contribution in [-0.2, 0) is 19.2 Å². The number of hydrogen-bond donors (Lipinski definition) is 6. The molecule has 1 fully saturated rings. The Kier molecular flexibility index (Phi) is 11.1. The predicted molar refractivity (Wildman–Crippen MR) is 162 cm³/mol. The van der Waals surface area contributed by atoms with Gasteiger partial charge in [0.25, 0.3) is 5.91 Å². The number of carboxylic acids is 1. The molecule has 5 atom stereocenters. The van der Waals surface area contributed by atoms with Crippen molar-refractivity contribution < 1.29 is 54.5 Å². The van der Waals surface area contributed by atoms with E-state index in [4.69, 9.17) is 16.4 Å². The zero-order chi connectivity index (χ0) is 34.2. The Bertz CT molecular complexity index is 1570. The van der Waals surface area contributed by atoms with Crippen molar-refractivity contribution in [1.82, 2.24) is 10.6 Å². The summed E-state index contributed by atoms with van der Waals surface area (Å²) in [6.45, 7) is -2.67. The number of thioether (sulfide) groups is 1. The molecule has 1 aliphatic rings. The van der Waals surface area contributed by atoms with Gasteiger partial charge in [0.1, 0.15) is 34.7 Å². The van der Waals surface area contributed by atoms with Crippen LogP contribution in [0, 0.1) is 11.6 Å². The first-order valence-corrected chi connectivity index (χ1v) is 14.9. The van der Waals surface area contributed by atoms with Crippen molar-refractivity contribution in [2.45, 2.75) is 29.5 Å². The van der Waals surface area contributed by atoms with Gasteiger partial charge in [0.15, 0.2) is 8.02 Å². The number of hydrogen-bond acceptors (Lipinski definition) is 9. The van der Waals surface area contributed by atoms with E-state index >= 15 is 0 Å². The molecule has 0 aliphatic carbocycles. The standard InChI is InChI=1S/C31H31F2N3O9S/c32-19-5-1-17(2-6-19)25(39)16-46-28-27(36(30(28)42)21-9-7-20(33)8-10-21)18-3-11-22(12-4-18)45-15-26(40)34-23(13-37)29(41)35-24(14-38)31(43)44/h1-12,23-25,27-28,37-39H,13-16H2,(H,34,40)(H,35,41)(H,43,44)/t23-,24+,25?,27-,28-/m1/s1/i/hD. The summed E-state index contributed by atoms with van der Waals surface area (Å²) in [6, 6.07) is 13.1. The molecule has 0 radical (unpaired) electrons. The molecular weight excluding hydrogens is 628 g/mol. The first kappa shape index (κ1) is 32.8. The summed E-state index contributed by atoms with van der Waals surface area (Å²) < 4.78 is 40.3. The highest BCUT2D eigenvalue weighted by Gasteiger charge is 2.49. The monoisotopic (exact) mass is 660 g/mol. The lowest BCUT2D eigenvalue weighted by atomic mass is 9.92. The van der Waals surface area contributed by atoms with E-state index in [0.717, 1.165) is 0 Å². The van der Waals surface area contributed by atoms with Crippen molar-refractivity contribution in [3.8, 4) is 5.75 Å². The van der Waals surface area contributed by atoms with Crippen LogP contribution in [0.4, 0.5) is 14.5 Å². The number of carboxylic acid groups (broad SMARTS) is 1. The molecular formula is C31H31F2N3O9S. The molecule has 0 saturated carbocycles. The minimum atomic E-state index is -1.77. The number of rotatable bonds is 15. The van der Waals surface area contributed by atoms with E-state index in [-0.39, 0.29) is 22.7 Å². The first-order chi connectivity index (χ1) is 22.4. The van der Waals surface area contributed by atoms with Gasteiger partial charge in [-0.2, -0.15) is 0 Å². The van der Waals surface area contributed by atoms with E-state index in [9.17, 15) is 38.2 Å². The lowest BCUT2D eigenvalue weighted by Gasteiger charge is -2.47. The van der Waals surface area contributed by atoms with Gasteiger partial charge in [-0.1, -0.05) is 24.3 Å². The van der Waals surface area contributed by atoms with Crippen LogP contribution in [0.3, 0.4) is 0 Å². The Morgan fingerprint density at radius 2 is 1.52 bits per heavy atom. The maximum atomic E-state index is 13.6. The zero-order valence-electron chi connectivity index (χ0n) is 25.0. The number of anilines is 1. The van der Waals surface area contributed by atoms with Crippen molar-refractivity contribution in [3.05, 3.63) is 95.6 Å². The zero-order valence-corrected chi connectivity index (χ0v) is 24.8. The topological polar surface area (TPSA) is 186 Å².